The fraction of sp³-hybridized carbons (Fsp3) is 0.368. The molecule has 0 aromatic heterocycles. The quantitative estimate of drug-likeness (QED) is 0.608. The van der Waals surface area contributed by atoms with Crippen molar-refractivity contribution >= 4 is 24.0 Å². The first-order chi connectivity index (χ1) is 12.1. The van der Waals surface area contributed by atoms with E-state index >= 15 is 0 Å². The van der Waals surface area contributed by atoms with Crippen LogP contribution in [-0.2, 0) is 12.6 Å². The van der Waals surface area contributed by atoms with Gasteiger partial charge in [0, 0.05) is 10.6 Å². The van der Waals surface area contributed by atoms with Crippen LogP contribution in [0.25, 0.3) is 0 Å². The van der Waals surface area contributed by atoms with Crippen LogP contribution in [0.4, 0.5) is 13.2 Å². The molecule has 0 unspecified atom stereocenters. The Morgan fingerprint density at radius 1 is 1.11 bits per heavy atom. The highest BCUT2D eigenvalue weighted by atomic mass is 35.5. The van der Waals surface area contributed by atoms with Crippen molar-refractivity contribution < 1.29 is 23.0 Å². The number of hydrogen-bond donors (Lipinski definition) is 2. The van der Waals surface area contributed by atoms with Gasteiger partial charge in [-0.15, -0.1) is 12.4 Å². The van der Waals surface area contributed by atoms with Gasteiger partial charge in [0.2, 0.25) is 0 Å². The fourth-order valence-corrected chi connectivity index (χ4v) is 2.69. The van der Waals surface area contributed by atoms with Gasteiger partial charge in [-0.05, 0) is 62.1 Å². The Balaban J connectivity index is 0.00000364. The van der Waals surface area contributed by atoms with Gasteiger partial charge >= 0.3 is 6.18 Å². The van der Waals surface area contributed by atoms with Crippen LogP contribution >= 0.6 is 24.0 Å². The highest BCUT2D eigenvalue weighted by Crippen LogP contribution is 2.33. The van der Waals surface area contributed by atoms with E-state index in [1.807, 2.05) is 0 Å². The lowest BCUT2D eigenvalue weighted by Crippen LogP contribution is -2.40. The maximum atomic E-state index is 12.8. The Morgan fingerprint density at radius 2 is 1.78 bits per heavy atom. The highest BCUT2D eigenvalue weighted by Gasteiger charge is 2.30. The van der Waals surface area contributed by atoms with Crippen LogP contribution in [0.5, 0.6) is 11.5 Å². The number of ether oxygens (including phenoxy) is 1. The molecule has 3 nitrogen and oxygen atoms in total. The van der Waals surface area contributed by atoms with Crippen LogP contribution in [-0.4, -0.2) is 17.3 Å². The molecule has 0 bridgehead atoms. The zero-order valence-electron chi connectivity index (χ0n) is 14.7. The number of benzene rings is 2. The second-order valence-corrected chi connectivity index (χ2v) is 6.95. The molecule has 0 spiro atoms. The summed E-state index contributed by atoms with van der Waals surface area (Å²) in [6.07, 6.45) is -2.36. The van der Waals surface area contributed by atoms with Crippen LogP contribution in [0.3, 0.4) is 0 Å². The lowest BCUT2D eigenvalue weighted by molar-refractivity contribution is -0.137. The normalized spacial score (nSPS) is 13.6. The molecule has 3 N–H and O–H groups in total. The van der Waals surface area contributed by atoms with Gasteiger partial charge < -0.3 is 15.6 Å². The molecular weight excluding hydrogens is 402 g/mol. The number of nitrogens with two attached hydrogens (primary N) is 1. The van der Waals surface area contributed by atoms with E-state index in [0.717, 1.165) is 24.1 Å². The molecule has 1 atom stereocenters. The maximum absolute atomic E-state index is 12.8. The van der Waals surface area contributed by atoms with Crippen molar-refractivity contribution in [3.05, 3.63) is 58.6 Å². The first-order valence-electron chi connectivity index (χ1n) is 8.14. The Morgan fingerprint density at radius 3 is 2.37 bits per heavy atom. The fourth-order valence-electron chi connectivity index (χ4n) is 2.43. The van der Waals surface area contributed by atoms with Crippen LogP contribution in [0.15, 0.2) is 42.5 Å². The summed E-state index contributed by atoms with van der Waals surface area (Å²) < 4.78 is 43.7. The second kappa shape index (κ2) is 9.64. The average molecular weight is 424 g/mol. The van der Waals surface area contributed by atoms with Gasteiger partial charge in [-0.25, -0.2) is 0 Å². The molecule has 0 aliphatic rings. The van der Waals surface area contributed by atoms with Crippen LogP contribution < -0.4 is 10.5 Å². The molecule has 0 saturated heterocycles. The van der Waals surface area contributed by atoms with Crippen molar-refractivity contribution in [2.45, 2.75) is 37.9 Å². The zero-order valence-corrected chi connectivity index (χ0v) is 16.3. The Kier molecular flexibility index (Phi) is 8.42. The Bertz CT molecular complexity index is 752. The molecule has 8 heteroatoms. The minimum absolute atomic E-state index is 0. The number of alkyl halides is 3. The minimum atomic E-state index is -4.42. The molecule has 0 fully saturated rings. The monoisotopic (exact) mass is 423 g/mol. The van der Waals surface area contributed by atoms with Crippen molar-refractivity contribution in [2.24, 2.45) is 5.73 Å². The molecule has 0 saturated carbocycles. The molecule has 0 amide bonds. The van der Waals surface area contributed by atoms with Gasteiger partial charge in [-0.1, -0.05) is 23.7 Å². The summed E-state index contributed by atoms with van der Waals surface area (Å²) in [5.41, 5.74) is 5.38. The molecule has 2 rings (SSSR count). The van der Waals surface area contributed by atoms with E-state index in [1.165, 1.54) is 12.1 Å². The predicted octanol–water partition coefficient (Wildman–Crippen LogP) is 5.61. The van der Waals surface area contributed by atoms with E-state index in [1.54, 1.807) is 25.1 Å². The second-order valence-electron chi connectivity index (χ2n) is 6.55. The molecule has 150 valence electrons. The first-order valence-corrected chi connectivity index (χ1v) is 8.52. The summed E-state index contributed by atoms with van der Waals surface area (Å²) in [7, 11) is 0. The summed E-state index contributed by atoms with van der Waals surface area (Å²) in [4.78, 5) is 0. The van der Waals surface area contributed by atoms with E-state index in [4.69, 9.17) is 27.2 Å². The summed E-state index contributed by atoms with van der Waals surface area (Å²) in [6, 6.07) is 9.69. The van der Waals surface area contributed by atoms with Crippen molar-refractivity contribution in [1.29, 1.82) is 0 Å². The third-order valence-electron chi connectivity index (χ3n) is 3.98. The molecule has 27 heavy (non-hydrogen) atoms. The van der Waals surface area contributed by atoms with Gasteiger partial charge in [-0.2, -0.15) is 13.2 Å². The van der Waals surface area contributed by atoms with Gasteiger partial charge in [0.1, 0.15) is 11.5 Å². The number of halogens is 5. The first kappa shape index (κ1) is 23.6. The van der Waals surface area contributed by atoms with Gasteiger partial charge in [0.25, 0.3) is 0 Å². The van der Waals surface area contributed by atoms with Crippen molar-refractivity contribution in [1.82, 2.24) is 0 Å². The summed E-state index contributed by atoms with van der Waals surface area (Å²) in [5.74, 6) is 0.447. The minimum Gasteiger partial charge on any atom is -0.457 e. The summed E-state index contributed by atoms with van der Waals surface area (Å²) in [6.45, 7) is 1.69. The number of aliphatic hydroxyl groups excluding tert-OH is 1. The summed E-state index contributed by atoms with van der Waals surface area (Å²) in [5, 5.41) is 9.62. The SMILES string of the molecule is C[C@](N)(CO)CCCc1ccc(Oc2cccc(C(F)(F)F)c2)cc1Cl.Cl. The largest absolute Gasteiger partial charge is 0.457 e. The van der Waals surface area contributed by atoms with Crippen LogP contribution in [0.2, 0.25) is 5.02 Å². The lowest BCUT2D eigenvalue weighted by Gasteiger charge is -2.21. The van der Waals surface area contributed by atoms with Gasteiger partial charge in [0.15, 0.2) is 0 Å². The van der Waals surface area contributed by atoms with Crippen LogP contribution in [0, 0.1) is 0 Å². The van der Waals surface area contributed by atoms with Crippen molar-refractivity contribution in [3.8, 4) is 11.5 Å². The predicted molar refractivity (Wildman–Crippen MR) is 103 cm³/mol. The molecule has 2 aromatic carbocycles. The molecule has 2 aromatic rings. The smallest absolute Gasteiger partial charge is 0.416 e. The van der Waals surface area contributed by atoms with Crippen LogP contribution in [0.1, 0.15) is 30.9 Å². The lowest BCUT2D eigenvalue weighted by atomic mass is 9.95. The third-order valence-corrected chi connectivity index (χ3v) is 4.33. The highest BCUT2D eigenvalue weighted by molar-refractivity contribution is 6.31. The number of aryl methyl sites for hydroxylation is 1. The van der Waals surface area contributed by atoms with E-state index in [2.05, 4.69) is 0 Å². The molecule has 0 heterocycles. The Labute approximate surface area is 167 Å². The number of aliphatic hydroxyl groups is 1. The Hall–Kier alpha value is -1.47. The summed E-state index contributed by atoms with van der Waals surface area (Å²) >= 11 is 6.24. The van der Waals surface area contributed by atoms with Gasteiger partial charge in [0.05, 0.1) is 12.2 Å². The van der Waals surface area contributed by atoms with E-state index in [9.17, 15) is 13.2 Å². The molecule has 0 aliphatic heterocycles. The zero-order chi connectivity index (χ0) is 19.4. The molecular formula is C19H22Cl2F3NO2. The number of rotatable bonds is 7. The number of hydrogen-bond acceptors (Lipinski definition) is 3. The van der Waals surface area contributed by atoms with Crippen molar-refractivity contribution in [2.75, 3.05) is 6.61 Å². The maximum Gasteiger partial charge on any atom is 0.416 e. The standard InChI is InChI=1S/C19H21ClF3NO2.ClH/c1-18(24,12-25)9-3-4-13-7-8-16(11-17(13)20)26-15-6-2-5-14(10-15)19(21,22)23;/h2,5-8,10-11,25H,3-4,9,12,24H2,1H3;1H/t18-;/m1./s1. The van der Waals surface area contributed by atoms with E-state index < -0.39 is 17.3 Å². The van der Waals surface area contributed by atoms with E-state index in [-0.39, 0.29) is 24.8 Å². The average Bonchev–Trinajstić information content (AvgIpc) is 2.56. The topological polar surface area (TPSA) is 55.5 Å². The molecule has 0 radical (unpaired) electrons. The van der Waals surface area contributed by atoms with E-state index in [0.29, 0.717) is 23.6 Å². The third kappa shape index (κ3) is 7.22. The molecule has 0 aliphatic carbocycles. The van der Waals surface area contributed by atoms with Crippen molar-refractivity contribution in [3.63, 3.8) is 0 Å². The van der Waals surface area contributed by atoms with Gasteiger partial charge in [-0.3, -0.25) is 0 Å².